The number of halogens is 1. The van der Waals surface area contributed by atoms with Crippen molar-refractivity contribution in [2.24, 2.45) is 0 Å². The van der Waals surface area contributed by atoms with Gasteiger partial charge in [0.15, 0.2) is 0 Å². The monoisotopic (exact) mass is 240 g/mol. The van der Waals surface area contributed by atoms with Crippen LogP contribution >= 0.6 is 11.6 Å². The van der Waals surface area contributed by atoms with Crippen LogP contribution in [-0.2, 0) is 12.8 Å². The highest BCUT2D eigenvalue weighted by atomic mass is 35.5. The maximum absolute atomic E-state index is 10.3. The minimum atomic E-state index is -1.33. The van der Waals surface area contributed by atoms with Gasteiger partial charge in [0.05, 0.1) is 0 Å². The fraction of sp³-hybridized carbons (Fsp3) is 0.500. The Hall–Kier alpha value is -0.770. The van der Waals surface area contributed by atoms with Crippen molar-refractivity contribution >= 4 is 11.6 Å². The van der Waals surface area contributed by atoms with E-state index in [9.17, 15) is 15.3 Å². The number of benzene rings is 1. The highest BCUT2D eigenvalue weighted by Gasteiger charge is 2.85. The van der Waals surface area contributed by atoms with Crippen LogP contribution in [-0.4, -0.2) is 31.4 Å². The van der Waals surface area contributed by atoms with Crippen LogP contribution in [0, 0.1) is 0 Å². The Bertz CT molecular complexity index is 485. The molecule has 3 N–H and O–H groups in total. The summed E-state index contributed by atoms with van der Waals surface area (Å²) in [6, 6.07) is 5.16. The van der Waals surface area contributed by atoms with Gasteiger partial charge in [0, 0.05) is 18.4 Å². The molecule has 1 aromatic rings. The van der Waals surface area contributed by atoms with Gasteiger partial charge in [-0.3, -0.25) is 0 Å². The summed E-state index contributed by atoms with van der Waals surface area (Å²) >= 11 is 6.16. The zero-order chi connectivity index (χ0) is 11.8. The number of phenols is 1. The lowest BCUT2D eigenvalue weighted by Crippen LogP contribution is -2.34. The Labute approximate surface area is 98.3 Å². The molecule has 3 rings (SSSR count). The average Bonchev–Trinajstić information content (AvgIpc) is 2.54. The van der Waals surface area contributed by atoms with E-state index < -0.39 is 16.1 Å². The van der Waals surface area contributed by atoms with Gasteiger partial charge in [0.2, 0.25) is 0 Å². The number of alkyl halides is 1. The lowest BCUT2D eigenvalue weighted by molar-refractivity contribution is 0.0137. The van der Waals surface area contributed by atoms with Gasteiger partial charge in [-0.2, -0.15) is 0 Å². The number of rotatable bonds is 0. The van der Waals surface area contributed by atoms with E-state index in [1.165, 1.54) is 0 Å². The molecular formula is C12H13ClO3. The van der Waals surface area contributed by atoms with Crippen molar-refractivity contribution in [3.8, 4) is 5.75 Å². The summed E-state index contributed by atoms with van der Waals surface area (Å²) in [7, 11) is 0. The first-order chi connectivity index (χ1) is 7.33. The van der Waals surface area contributed by atoms with E-state index in [1.807, 2.05) is 6.07 Å². The lowest BCUT2D eigenvalue weighted by atomic mass is 9.87. The molecule has 0 heterocycles. The van der Waals surface area contributed by atoms with Crippen LogP contribution in [0.3, 0.4) is 0 Å². The summed E-state index contributed by atoms with van der Waals surface area (Å²) in [6.45, 7) is 1.64. The van der Waals surface area contributed by atoms with Crippen LogP contribution in [0.1, 0.15) is 18.1 Å². The minimum absolute atomic E-state index is 0.160. The fourth-order valence-corrected chi connectivity index (χ4v) is 3.34. The van der Waals surface area contributed by atoms with Crippen LogP contribution in [0.15, 0.2) is 18.2 Å². The third-order valence-corrected chi connectivity index (χ3v) is 4.93. The van der Waals surface area contributed by atoms with Crippen LogP contribution in [0.2, 0.25) is 0 Å². The van der Waals surface area contributed by atoms with Crippen molar-refractivity contribution in [1.82, 2.24) is 0 Å². The molecule has 1 saturated carbocycles. The van der Waals surface area contributed by atoms with Gasteiger partial charge in [-0.15, -0.1) is 11.6 Å². The van der Waals surface area contributed by atoms with Gasteiger partial charge in [0.1, 0.15) is 21.8 Å². The molecule has 3 nitrogen and oxygen atoms in total. The van der Waals surface area contributed by atoms with E-state index in [0.717, 1.165) is 5.56 Å². The molecule has 1 fully saturated rings. The van der Waals surface area contributed by atoms with E-state index in [4.69, 9.17) is 11.6 Å². The number of phenolic OH excluding ortho intramolecular Hbond substituents is 1. The van der Waals surface area contributed by atoms with Crippen molar-refractivity contribution in [2.45, 2.75) is 35.8 Å². The predicted molar refractivity (Wildman–Crippen MR) is 59.7 cm³/mol. The quantitative estimate of drug-likeness (QED) is 0.592. The Balaban J connectivity index is 2.14. The molecule has 4 heteroatoms. The first kappa shape index (κ1) is 10.4. The molecule has 0 aromatic heterocycles. The van der Waals surface area contributed by atoms with Gasteiger partial charge < -0.3 is 15.3 Å². The van der Waals surface area contributed by atoms with Crippen LogP contribution in [0.4, 0.5) is 0 Å². The second-order valence-electron chi connectivity index (χ2n) is 4.99. The largest absolute Gasteiger partial charge is 0.508 e. The molecule has 0 aliphatic heterocycles. The smallest absolute Gasteiger partial charge is 0.121 e. The molecule has 0 saturated heterocycles. The van der Waals surface area contributed by atoms with Crippen molar-refractivity contribution < 1.29 is 15.3 Å². The zero-order valence-corrected chi connectivity index (χ0v) is 9.62. The Morgan fingerprint density at radius 1 is 1.19 bits per heavy atom. The summed E-state index contributed by atoms with van der Waals surface area (Å²) in [6.07, 6.45) is 0.485. The topological polar surface area (TPSA) is 60.7 Å². The molecule has 3 atom stereocenters. The standard InChI is InChI=1S/C12H13ClO3/c1-10(13)11(15)5-7-3-2-4-9(14)8(7)6-12(10,11)16/h2-4,14-16H,5-6H2,1H3/t10?,11?,12-/m1/s1. The average molecular weight is 241 g/mol. The van der Waals surface area contributed by atoms with Crippen molar-refractivity contribution in [2.75, 3.05) is 0 Å². The second kappa shape index (κ2) is 2.55. The normalized spacial score (nSPS) is 44.8. The Kier molecular flexibility index (Phi) is 1.66. The molecule has 0 amide bonds. The lowest BCUT2D eigenvalue weighted by Gasteiger charge is -2.24. The van der Waals surface area contributed by atoms with E-state index in [-0.39, 0.29) is 18.6 Å². The SMILES string of the molecule is CC1(Cl)C2(O)Cc3cccc(O)c3C[C@@]12O. The van der Waals surface area contributed by atoms with Crippen molar-refractivity contribution in [3.63, 3.8) is 0 Å². The summed E-state index contributed by atoms with van der Waals surface area (Å²) < 4.78 is 0. The Morgan fingerprint density at radius 2 is 1.81 bits per heavy atom. The highest BCUT2D eigenvalue weighted by Crippen LogP contribution is 2.67. The van der Waals surface area contributed by atoms with Gasteiger partial charge in [0.25, 0.3) is 0 Å². The molecule has 2 aliphatic carbocycles. The molecule has 0 bridgehead atoms. The van der Waals surface area contributed by atoms with Gasteiger partial charge in [-0.05, 0) is 18.6 Å². The molecule has 2 unspecified atom stereocenters. The predicted octanol–water partition coefficient (Wildman–Crippen LogP) is 0.964. The van der Waals surface area contributed by atoms with Gasteiger partial charge >= 0.3 is 0 Å². The van der Waals surface area contributed by atoms with Crippen LogP contribution < -0.4 is 0 Å². The first-order valence-electron chi connectivity index (χ1n) is 5.27. The van der Waals surface area contributed by atoms with Crippen LogP contribution in [0.5, 0.6) is 5.75 Å². The number of aromatic hydroxyl groups is 1. The molecule has 0 spiro atoms. The van der Waals surface area contributed by atoms with E-state index >= 15 is 0 Å². The fourth-order valence-electron chi connectivity index (χ4n) is 2.94. The summed E-state index contributed by atoms with van der Waals surface area (Å²) in [5, 5.41) is 30.3. The summed E-state index contributed by atoms with van der Waals surface area (Å²) in [4.78, 5) is -1.04. The summed E-state index contributed by atoms with van der Waals surface area (Å²) in [5.41, 5.74) is -1.05. The second-order valence-corrected chi connectivity index (χ2v) is 5.75. The molecule has 2 aliphatic rings. The zero-order valence-electron chi connectivity index (χ0n) is 8.87. The third-order valence-electron chi connectivity index (χ3n) is 4.30. The minimum Gasteiger partial charge on any atom is -0.508 e. The third kappa shape index (κ3) is 0.851. The molecular weight excluding hydrogens is 228 g/mol. The van der Waals surface area contributed by atoms with Crippen molar-refractivity contribution in [1.29, 1.82) is 0 Å². The van der Waals surface area contributed by atoms with Crippen molar-refractivity contribution in [3.05, 3.63) is 29.3 Å². The highest BCUT2D eigenvalue weighted by molar-refractivity contribution is 6.29. The van der Waals surface area contributed by atoms with Crippen LogP contribution in [0.25, 0.3) is 0 Å². The number of hydrogen-bond donors (Lipinski definition) is 3. The van der Waals surface area contributed by atoms with E-state index in [0.29, 0.717) is 5.56 Å². The molecule has 0 radical (unpaired) electrons. The van der Waals surface area contributed by atoms with Gasteiger partial charge in [-0.1, -0.05) is 12.1 Å². The summed E-state index contributed by atoms with van der Waals surface area (Å²) in [5.74, 6) is 0.160. The molecule has 86 valence electrons. The molecule has 1 aromatic carbocycles. The number of fused-ring (bicyclic) bond motifs is 2. The number of hydrogen-bond acceptors (Lipinski definition) is 3. The maximum Gasteiger partial charge on any atom is 0.121 e. The first-order valence-corrected chi connectivity index (χ1v) is 5.65. The van der Waals surface area contributed by atoms with Gasteiger partial charge in [-0.25, -0.2) is 0 Å². The number of aliphatic hydroxyl groups is 2. The Morgan fingerprint density at radius 3 is 2.50 bits per heavy atom. The maximum atomic E-state index is 10.3. The van der Waals surface area contributed by atoms with E-state index in [1.54, 1.807) is 19.1 Å². The van der Waals surface area contributed by atoms with E-state index in [2.05, 4.69) is 0 Å². The molecule has 16 heavy (non-hydrogen) atoms.